The van der Waals surface area contributed by atoms with Crippen LogP contribution in [0.25, 0.3) is 6.08 Å². The van der Waals surface area contributed by atoms with Gasteiger partial charge in [-0.05, 0) is 24.5 Å². The van der Waals surface area contributed by atoms with Gasteiger partial charge < -0.3 is 4.74 Å². The number of rotatable bonds is 7. The van der Waals surface area contributed by atoms with E-state index in [4.69, 9.17) is 4.74 Å². The Bertz CT molecular complexity index is 315. The third kappa shape index (κ3) is 5.13. The first-order chi connectivity index (χ1) is 7.84. The summed E-state index contributed by atoms with van der Waals surface area (Å²) in [7, 11) is 0. The number of unbranched alkanes of at least 4 members (excludes halogenated alkanes) is 2. The fourth-order valence-corrected chi connectivity index (χ4v) is 1.55. The Morgan fingerprint density at radius 1 is 1.19 bits per heavy atom. The molecule has 0 N–H and O–H groups in total. The van der Waals surface area contributed by atoms with Crippen LogP contribution in [0.1, 0.15) is 37.3 Å². The summed E-state index contributed by atoms with van der Waals surface area (Å²) in [4.78, 5) is 0. The summed E-state index contributed by atoms with van der Waals surface area (Å²) in [5.41, 5.74) is 2.59. The molecule has 0 aliphatic heterocycles. The van der Waals surface area contributed by atoms with E-state index in [2.05, 4.69) is 50.3 Å². The molecule has 88 valence electrons. The van der Waals surface area contributed by atoms with Crippen LogP contribution in [0.4, 0.5) is 0 Å². The summed E-state index contributed by atoms with van der Waals surface area (Å²) in [6.45, 7) is 5.93. The Hall–Kier alpha value is -1.08. The highest BCUT2D eigenvalue weighted by Crippen LogP contribution is 2.08. The molecule has 0 fully saturated rings. The Kier molecular flexibility index (Phi) is 6.59. The molecule has 0 saturated heterocycles. The van der Waals surface area contributed by atoms with Gasteiger partial charge in [0, 0.05) is 6.61 Å². The fourth-order valence-electron chi connectivity index (χ4n) is 1.55. The molecule has 1 heteroatoms. The van der Waals surface area contributed by atoms with Gasteiger partial charge in [-0.25, -0.2) is 0 Å². The summed E-state index contributed by atoms with van der Waals surface area (Å²) >= 11 is 0. The van der Waals surface area contributed by atoms with E-state index in [1.54, 1.807) is 0 Å². The molecule has 0 bridgehead atoms. The molecule has 1 nitrogen and oxygen atoms in total. The molecule has 0 amide bonds. The minimum Gasteiger partial charge on any atom is -0.377 e. The van der Waals surface area contributed by atoms with Gasteiger partial charge in [0.1, 0.15) is 0 Å². The molecule has 0 aliphatic carbocycles. The highest BCUT2D eigenvalue weighted by Gasteiger charge is 1.90. The second-order valence-electron chi connectivity index (χ2n) is 4.04. The van der Waals surface area contributed by atoms with Crippen LogP contribution in [0, 0.1) is 6.92 Å². The average Bonchev–Trinajstić information content (AvgIpc) is 2.30. The van der Waals surface area contributed by atoms with Gasteiger partial charge in [0.15, 0.2) is 0 Å². The SMILES string of the molecule is CCCCCOCC=Cc1ccccc1C. The quantitative estimate of drug-likeness (QED) is 0.623. The van der Waals surface area contributed by atoms with Crippen molar-refractivity contribution in [1.29, 1.82) is 0 Å². The largest absolute Gasteiger partial charge is 0.377 e. The maximum Gasteiger partial charge on any atom is 0.0650 e. The van der Waals surface area contributed by atoms with Gasteiger partial charge in [0.05, 0.1) is 6.61 Å². The summed E-state index contributed by atoms with van der Waals surface area (Å²) in [6, 6.07) is 8.38. The third-order valence-electron chi connectivity index (χ3n) is 2.59. The zero-order chi connectivity index (χ0) is 11.6. The van der Waals surface area contributed by atoms with E-state index in [-0.39, 0.29) is 0 Å². The van der Waals surface area contributed by atoms with E-state index in [9.17, 15) is 0 Å². The highest BCUT2D eigenvalue weighted by molar-refractivity contribution is 5.53. The molecule has 1 aromatic carbocycles. The lowest BCUT2D eigenvalue weighted by Gasteiger charge is -2.00. The van der Waals surface area contributed by atoms with Crippen molar-refractivity contribution >= 4 is 6.08 Å². The van der Waals surface area contributed by atoms with Crippen molar-refractivity contribution in [3.8, 4) is 0 Å². The molecule has 0 aliphatic rings. The molecular weight excluding hydrogens is 196 g/mol. The van der Waals surface area contributed by atoms with Gasteiger partial charge in [-0.1, -0.05) is 56.2 Å². The number of hydrogen-bond donors (Lipinski definition) is 0. The number of aryl methyl sites for hydroxylation is 1. The lowest BCUT2D eigenvalue weighted by atomic mass is 10.1. The Morgan fingerprint density at radius 2 is 2.00 bits per heavy atom. The molecule has 0 heterocycles. The van der Waals surface area contributed by atoms with Crippen LogP contribution in [-0.2, 0) is 4.74 Å². The molecular formula is C15H22O. The molecule has 0 aromatic heterocycles. The van der Waals surface area contributed by atoms with Gasteiger partial charge in [-0.3, -0.25) is 0 Å². The van der Waals surface area contributed by atoms with Crippen molar-refractivity contribution in [2.45, 2.75) is 33.1 Å². The number of ether oxygens (including phenoxy) is 1. The van der Waals surface area contributed by atoms with E-state index in [0.29, 0.717) is 0 Å². The molecule has 0 spiro atoms. The summed E-state index contributed by atoms with van der Waals surface area (Å²) in [5, 5.41) is 0. The predicted octanol–water partition coefficient (Wildman–Crippen LogP) is 4.22. The molecule has 16 heavy (non-hydrogen) atoms. The highest BCUT2D eigenvalue weighted by atomic mass is 16.5. The third-order valence-corrected chi connectivity index (χ3v) is 2.59. The first-order valence-corrected chi connectivity index (χ1v) is 6.14. The van der Waals surface area contributed by atoms with E-state index >= 15 is 0 Å². The molecule has 0 radical (unpaired) electrons. The van der Waals surface area contributed by atoms with Gasteiger partial charge >= 0.3 is 0 Å². The van der Waals surface area contributed by atoms with Crippen molar-refractivity contribution in [2.75, 3.05) is 13.2 Å². The monoisotopic (exact) mass is 218 g/mol. The van der Waals surface area contributed by atoms with Crippen LogP contribution >= 0.6 is 0 Å². The Labute approximate surface area is 99.1 Å². The number of hydrogen-bond acceptors (Lipinski definition) is 1. The zero-order valence-corrected chi connectivity index (χ0v) is 10.4. The van der Waals surface area contributed by atoms with E-state index in [1.807, 2.05) is 0 Å². The smallest absolute Gasteiger partial charge is 0.0650 e. The van der Waals surface area contributed by atoms with Crippen molar-refractivity contribution in [3.05, 3.63) is 41.5 Å². The van der Waals surface area contributed by atoms with Gasteiger partial charge in [-0.15, -0.1) is 0 Å². The topological polar surface area (TPSA) is 9.23 Å². The molecule has 1 rings (SSSR count). The van der Waals surface area contributed by atoms with Crippen molar-refractivity contribution in [1.82, 2.24) is 0 Å². The first kappa shape index (κ1) is 13.0. The van der Waals surface area contributed by atoms with Crippen LogP contribution in [0.5, 0.6) is 0 Å². The van der Waals surface area contributed by atoms with Crippen molar-refractivity contribution in [3.63, 3.8) is 0 Å². The van der Waals surface area contributed by atoms with Crippen molar-refractivity contribution < 1.29 is 4.74 Å². The molecule has 0 unspecified atom stereocenters. The van der Waals surface area contributed by atoms with E-state index in [1.165, 1.54) is 30.4 Å². The maximum absolute atomic E-state index is 5.51. The Balaban J connectivity index is 2.20. The molecule has 1 aromatic rings. The van der Waals surface area contributed by atoms with Crippen LogP contribution in [0.15, 0.2) is 30.3 Å². The second-order valence-corrected chi connectivity index (χ2v) is 4.04. The second kappa shape index (κ2) is 8.12. The lowest BCUT2D eigenvalue weighted by Crippen LogP contribution is -1.93. The van der Waals surface area contributed by atoms with E-state index in [0.717, 1.165) is 13.2 Å². The van der Waals surface area contributed by atoms with Gasteiger partial charge in [0.2, 0.25) is 0 Å². The van der Waals surface area contributed by atoms with Crippen LogP contribution in [-0.4, -0.2) is 13.2 Å². The van der Waals surface area contributed by atoms with E-state index < -0.39 is 0 Å². The summed E-state index contributed by atoms with van der Waals surface area (Å²) in [5.74, 6) is 0. The normalized spacial score (nSPS) is 11.1. The van der Waals surface area contributed by atoms with Crippen molar-refractivity contribution in [2.24, 2.45) is 0 Å². The minimum absolute atomic E-state index is 0.720. The van der Waals surface area contributed by atoms with Gasteiger partial charge in [-0.2, -0.15) is 0 Å². The molecule has 0 saturated carbocycles. The van der Waals surface area contributed by atoms with Crippen LogP contribution in [0.3, 0.4) is 0 Å². The average molecular weight is 218 g/mol. The lowest BCUT2D eigenvalue weighted by molar-refractivity contribution is 0.158. The zero-order valence-electron chi connectivity index (χ0n) is 10.4. The minimum atomic E-state index is 0.720. The summed E-state index contributed by atoms with van der Waals surface area (Å²) in [6.07, 6.45) is 7.92. The Morgan fingerprint density at radius 3 is 2.75 bits per heavy atom. The standard InChI is InChI=1S/C15H22O/c1-3-4-7-12-16-13-8-11-15-10-6-5-9-14(15)2/h5-6,8-11H,3-4,7,12-13H2,1-2H3. The predicted molar refractivity (Wildman–Crippen MR) is 70.6 cm³/mol. The fraction of sp³-hybridized carbons (Fsp3) is 0.467. The van der Waals surface area contributed by atoms with Crippen LogP contribution in [0.2, 0.25) is 0 Å². The molecule has 0 atom stereocenters. The first-order valence-electron chi connectivity index (χ1n) is 6.14. The van der Waals surface area contributed by atoms with Gasteiger partial charge in [0.25, 0.3) is 0 Å². The van der Waals surface area contributed by atoms with Crippen LogP contribution < -0.4 is 0 Å². The maximum atomic E-state index is 5.51. The summed E-state index contributed by atoms with van der Waals surface area (Å²) < 4.78 is 5.51. The number of benzene rings is 1.